The van der Waals surface area contributed by atoms with Crippen molar-refractivity contribution in [2.75, 3.05) is 32.2 Å². The summed E-state index contributed by atoms with van der Waals surface area (Å²) in [7, 11) is 1.36. The molecule has 192 valence electrons. The molecule has 0 bridgehead atoms. The van der Waals surface area contributed by atoms with Gasteiger partial charge in [-0.15, -0.1) is 0 Å². The van der Waals surface area contributed by atoms with Gasteiger partial charge in [0.1, 0.15) is 28.2 Å². The van der Waals surface area contributed by atoms with Gasteiger partial charge in [0.25, 0.3) is 5.69 Å². The number of carbonyl (C=O) groups excluding carboxylic acids is 2. The zero-order chi connectivity index (χ0) is 26.2. The number of carbonyl (C=O) groups is 2. The van der Waals surface area contributed by atoms with Gasteiger partial charge in [0.05, 0.1) is 18.1 Å². The standard InChI is InChI=1S/C23H24F2N4O6S/c1-3-35-10-4-9-28-22(31)20(36-23(28)27-17-7-5-14(24)11-16(17)25)13-21(30)26-18-8-6-15(34-2)12-19(18)29(32)33/h5-8,11-12,20H,3-4,9-10,13H2,1-2H3,(H,26,30). The number of nitrogens with one attached hydrogen (secondary N) is 1. The minimum absolute atomic E-state index is 0.0444. The third kappa shape index (κ3) is 6.76. The second-order valence-electron chi connectivity index (χ2n) is 7.53. The van der Waals surface area contributed by atoms with Crippen molar-refractivity contribution in [1.29, 1.82) is 0 Å². The van der Waals surface area contributed by atoms with Crippen LogP contribution in [0, 0.1) is 21.7 Å². The molecule has 1 unspecified atom stereocenters. The molecule has 0 saturated carbocycles. The number of methoxy groups -OCH3 is 1. The zero-order valence-electron chi connectivity index (χ0n) is 19.5. The lowest BCUT2D eigenvalue weighted by molar-refractivity contribution is -0.384. The van der Waals surface area contributed by atoms with Crippen molar-refractivity contribution in [1.82, 2.24) is 4.90 Å². The Kier molecular flexibility index (Phi) is 9.31. The van der Waals surface area contributed by atoms with Crippen LogP contribution in [0.25, 0.3) is 0 Å². The van der Waals surface area contributed by atoms with Crippen LogP contribution in [-0.2, 0) is 14.3 Å². The summed E-state index contributed by atoms with van der Waals surface area (Å²) in [5.74, 6) is -2.45. The number of amidine groups is 1. The van der Waals surface area contributed by atoms with Gasteiger partial charge in [0, 0.05) is 32.2 Å². The lowest BCUT2D eigenvalue weighted by atomic mass is 10.2. The van der Waals surface area contributed by atoms with Gasteiger partial charge in [-0.3, -0.25) is 24.6 Å². The molecule has 2 amide bonds. The van der Waals surface area contributed by atoms with Crippen LogP contribution < -0.4 is 10.1 Å². The Hall–Kier alpha value is -3.58. The molecule has 36 heavy (non-hydrogen) atoms. The molecule has 1 aliphatic heterocycles. The highest BCUT2D eigenvalue weighted by atomic mass is 32.2. The van der Waals surface area contributed by atoms with Crippen LogP contribution in [-0.4, -0.2) is 58.9 Å². The van der Waals surface area contributed by atoms with Gasteiger partial charge >= 0.3 is 0 Å². The Labute approximate surface area is 209 Å². The maximum Gasteiger partial charge on any atom is 0.296 e. The molecule has 0 spiro atoms. The highest BCUT2D eigenvalue weighted by Crippen LogP contribution is 2.34. The third-order valence-corrected chi connectivity index (χ3v) is 6.24. The monoisotopic (exact) mass is 522 g/mol. The van der Waals surface area contributed by atoms with Crippen LogP contribution in [0.2, 0.25) is 0 Å². The molecule has 0 aromatic heterocycles. The molecule has 1 atom stereocenters. The number of anilines is 1. The predicted molar refractivity (Wildman–Crippen MR) is 131 cm³/mol. The van der Waals surface area contributed by atoms with Crippen molar-refractivity contribution in [2.24, 2.45) is 4.99 Å². The smallest absolute Gasteiger partial charge is 0.296 e. The summed E-state index contributed by atoms with van der Waals surface area (Å²) < 4.78 is 37.7. The van der Waals surface area contributed by atoms with Gasteiger partial charge in [-0.1, -0.05) is 11.8 Å². The molecule has 13 heteroatoms. The van der Waals surface area contributed by atoms with Crippen LogP contribution in [0.1, 0.15) is 19.8 Å². The maximum atomic E-state index is 14.2. The molecule has 10 nitrogen and oxygen atoms in total. The lowest BCUT2D eigenvalue weighted by Crippen LogP contribution is -2.34. The second-order valence-corrected chi connectivity index (χ2v) is 8.70. The highest BCUT2D eigenvalue weighted by molar-refractivity contribution is 8.15. The van der Waals surface area contributed by atoms with Gasteiger partial charge in [-0.2, -0.15) is 0 Å². The fourth-order valence-electron chi connectivity index (χ4n) is 3.34. The molecule has 1 N–H and O–H groups in total. The largest absolute Gasteiger partial charge is 0.496 e. The summed E-state index contributed by atoms with van der Waals surface area (Å²) in [5, 5.41) is 13.1. The number of nitro benzene ring substituents is 1. The van der Waals surface area contributed by atoms with E-state index in [1.165, 1.54) is 30.2 Å². The van der Waals surface area contributed by atoms with Crippen LogP contribution in [0.15, 0.2) is 41.4 Å². The van der Waals surface area contributed by atoms with Gasteiger partial charge in [-0.25, -0.2) is 13.8 Å². The molecule has 1 saturated heterocycles. The van der Waals surface area contributed by atoms with Crippen molar-refractivity contribution >= 4 is 45.8 Å². The van der Waals surface area contributed by atoms with Crippen molar-refractivity contribution in [2.45, 2.75) is 25.0 Å². The lowest BCUT2D eigenvalue weighted by Gasteiger charge is -2.16. The fourth-order valence-corrected chi connectivity index (χ4v) is 4.52. The summed E-state index contributed by atoms with van der Waals surface area (Å²) in [6, 6.07) is 6.86. The topological polar surface area (TPSA) is 123 Å². The number of nitro groups is 1. The van der Waals surface area contributed by atoms with E-state index in [9.17, 15) is 28.5 Å². The predicted octanol–water partition coefficient (Wildman–Crippen LogP) is 4.27. The number of ether oxygens (including phenoxy) is 2. The van der Waals surface area contributed by atoms with E-state index in [-0.39, 0.29) is 40.9 Å². The Bertz CT molecular complexity index is 1180. The molecule has 1 heterocycles. The third-order valence-electron chi connectivity index (χ3n) is 5.07. The van der Waals surface area contributed by atoms with Gasteiger partial charge in [0.15, 0.2) is 11.0 Å². The Morgan fingerprint density at radius 3 is 2.72 bits per heavy atom. The van der Waals surface area contributed by atoms with E-state index in [0.29, 0.717) is 25.7 Å². The number of benzene rings is 2. The van der Waals surface area contributed by atoms with E-state index in [0.717, 1.165) is 23.9 Å². The van der Waals surface area contributed by atoms with E-state index in [4.69, 9.17) is 9.47 Å². The van der Waals surface area contributed by atoms with Gasteiger partial charge in [-0.05, 0) is 37.6 Å². The van der Waals surface area contributed by atoms with E-state index in [1.807, 2.05) is 6.92 Å². The fraction of sp³-hybridized carbons (Fsp3) is 0.348. The normalized spacial score (nSPS) is 16.4. The Balaban J connectivity index is 1.78. The summed E-state index contributed by atoms with van der Waals surface area (Å²) in [4.78, 5) is 42.0. The number of halogens is 2. The van der Waals surface area contributed by atoms with Crippen LogP contribution >= 0.6 is 11.8 Å². The molecular weight excluding hydrogens is 498 g/mol. The SMILES string of the molecule is CCOCCCN1C(=O)C(CC(=O)Nc2ccc(OC)cc2[N+](=O)[O-])SC1=Nc1ccc(F)cc1F. The quantitative estimate of drug-likeness (QED) is 0.266. The maximum absolute atomic E-state index is 14.2. The number of amides is 2. The number of thioether (sulfide) groups is 1. The number of nitrogens with zero attached hydrogens (tertiary/aromatic N) is 3. The Morgan fingerprint density at radius 2 is 2.06 bits per heavy atom. The van der Waals surface area contributed by atoms with Crippen molar-refractivity contribution in [3.05, 3.63) is 58.1 Å². The molecule has 1 aliphatic rings. The molecular formula is C23H24F2N4O6S. The van der Waals surface area contributed by atoms with Crippen LogP contribution in [0.4, 0.5) is 25.8 Å². The van der Waals surface area contributed by atoms with Crippen molar-refractivity contribution in [3.8, 4) is 5.75 Å². The first-order valence-electron chi connectivity index (χ1n) is 10.9. The first-order valence-corrected chi connectivity index (χ1v) is 11.8. The van der Waals surface area contributed by atoms with Crippen LogP contribution in [0.3, 0.4) is 0 Å². The molecule has 2 aromatic carbocycles. The van der Waals surface area contributed by atoms with E-state index >= 15 is 0 Å². The van der Waals surface area contributed by atoms with Gasteiger partial charge < -0.3 is 14.8 Å². The Morgan fingerprint density at radius 1 is 1.28 bits per heavy atom. The van der Waals surface area contributed by atoms with Crippen molar-refractivity contribution < 1.29 is 32.8 Å². The minimum Gasteiger partial charge on any atom is -0.496 e. The molecule has 3 rings (SSSR count). The number of hydrogen-bond acceptors (Lipinski definition) is 8. The molecule has 0 aliphatic carbocycles. The molecule has 2 aromatic rings. The first kappa shape index (κ1) is 27.0. The summed E-state index contributed by atoms with van der Waals surface area (Å²) in [6.45, 7) is 2.94. The van der Waals surface area contributed by atoms with E-state index < -0.39 is 33.6 Å². The second kappa shape index (κ2) is 12.4. The zero-order valence-corrected chi connectivity index (χ0v) is 20.3. The summed E-state index contributed by atoms with van der Waals surface area (Å²) >= 11 is 0.964. The molecule has 0 radical (unpaired) electrons. The highest BCUT2D eigenvalue weighted by Gasteiger charge is 2.39. The molecule has 1 fully saturated rings. The average molecular weight is 523 g/mol. The van der Waals surface area contributed by atoms with Crippen LogP contribution in [0.5, 0.6) is 5.75 Å². The number of rotatable bonds is 11. The van der Waals surface area contributed by atoms with Gasteiger partial charge in [0.2, 0.25) is 11.8 Å². The van der Waals surface area contributed by atoms with E-state index in [2.05, 4.69) is 10.3 Å². The van der Waals surface area contributed by atoms with E-state index in [1.54, 1.807) is 0 Å². The number of aliphatic imine (C=N–C) groups is 1. The summed E-state index contributed by atoms with van der Waals surface area (Å²) in [6.07, 6.45) is 0.168. The first-order chi connectivity index (χ1) is 17.2. The number of hydrogen-bond donors (Lipinski definition) is 1. The minimum atomic E-state index is -0.892. The average Bonchev–Trinajstić information content (AvgIpc) is 3.12. The summed E-state index contributed by atoms with van der Waals surface area (Å²) in [5.41, 5.74) is -0.558. The van der Waals surface area contributed by atoms with Crippen molar-refractivity contribution in [3.63, 3.8) is 0 Å².